The molecule has 3 aromatic heterocycles. The maximum Gasteiger partial charge on any atom is 0.272 e. The highest BCUT2D eigenvalue weighted by Gasteiger charge is 2.26. The predicted molar refractivity (Wildman–Crippen MR) is 128 cm³/mol. The number of pyridine rings is 1. The third kappa shape index (κ3) is 3.93. The van der Waals surface area contributed by atoms with Crippen molar-refractivity contribution in [2.24, 2.45) is 5.73 Å². The van der Waals surface area contributed by atoms with Crippen molar-refractivity contribution in [3.8, 4) is 11.1 Å². The van der Waals surface area contributed by atoms with Gasteiger partial charge in [0.15, 0.2) is 0 Å². The number of aromatic nitrogens is 4. The van der Waals surface area contributed by atoms with Gasteiger partial charge in [-0.1, -0.05) is 23.8 Å². The van der Waals surface area contributed by atoms with Gasteiger partial charge in [-0.2, -0.15) is 0 Å². The fraction of sp³-hybridized carbons (Fsp3) is 0.280. The first-order valence-corrected chi connectivity index (χ1v) is 11.1. The van der Waals surface area contributed by atoms with Crippen molar-refractivity contribution < 1.29 is 4.79 Å². The molecule has 168 valence electrons. The van der Waals surface area contributed by atoms with Crippen LogP contribution in [-0.4, -0.2) is 56.3 Å². The Morgan fingerprint density at radius 2 is 1.76 bits per heavy atom. The summed E-state index contributed by atoms with van der Waals surface area (Å²) in [5.74, 6) is 0.676. The van der Waals surface area contributed by atoms with Gasteiger partial charge in [0.05, 0.1) is 6.20 Å². The fourth-order valence-electron chi connectivity index (χ4n) is 4.47. The van der Waals surface area contributed by atoms with E-state index < -0.39 is 0 Å². The van der Waals surface area contributed by atoms with Crippen molar-refractivity contribution in [1.29, 1.82) is 0 Å². The van der Waals surface area contributed by atoms with E-state index in [1.807, 2.05) is 21.6 Å². The summed E-state index contributed by atoms with van der Waals surface area (Å²) in [6.07, 6.45) is 7.14. The Hall–Kier alpha value is -3.78. The van der Waals surface area contributed by atoms with Gasteiger partial charge in [-0.25, -0.2) is 15.0 Å². The van der Waals surface area contributed by atoms with Gasteiger partial charge in [0.2, 0.25) is 5.95 Å². The summed E-state index contributed by atoms with van der Waals surface area (Å²) in [4.78, 5) is 30.5. The van der Waals surface area contributed by atoms with Crippen LogP contribution in [0.4, 0.5) is 5.95 Å². The quantitative estimate of drug-likeness (QED) is 0.524. The first-order chi connectivity index (χ1) is 16.0. The molecule has 0 atom stereocenters. The van der Waals surface area contributed by atoms with E-state index in [1.54, 1.807) is 24.7 Å². The molecule has 0 aliphatic carbocycles. The van der Waals surface area contributed by atoms with Crippen molar-refractivity contribution in [3.05, 3.63) is 77.5 Å². The van der Waals surface area contributed by atoms with Gasteiger partial charge in [-0.15, -0.1) is 0 Å². The second kappa shape index (κ2) is 8.63. The molecule has 5 rings (SSSR count). The van der Waals surface area contributed by atoms with Crippen molar-refractivity contribution in [2.75, 3.05) is 31.1 Å². The van der Waals surface area contributed by atoms with E-state index in [1.165, 1.54) is 11.1 Å². The fourth-order valence-corrected chi connectivity index (χ4v) is 4.47. The number of benzene rings is 1. The number of anilines is 1. The molecule has 2 N–H and O–H groups in total. The molecule has 4 aromatic rings. The number of carbonyl (C=O) groups is 1. The lowest BCUT2D eigenvalue weighted by molar-refractivity contribution is 0.0739. The Morgan fingerprint density at radius 3 is 2.45 bits per heavy atom. The number of nitrogens with two attached hydrogens (primary N) is 1. The topological polar surface area (TPSA) is 92.6 Å². The molecule has 1 fully saturated rings. The van der Waals surface area contributed by atoms with E-state index in [-0.39, 0.29) is 5.91 Å². The number of hydrogen-bond acceptors (Lipinski definition) is 6. The largest absolute Gasteiger partial charge is 0.337 e. The Labute approximate surface area is 192 Å². The van der Waals surface area contributed by atoms with E-state index in [0.29, 0.717) is 44.4 Å². The first kappa shape index (κ1) is 21.1. The zero-order valence-corrected chi connectivity index (χ0v) is 18.9. The summed E-state index contributed by atoms with van der Waals surface area (Å²) in [5, 5.41) is 0. The Morgan fingerprint density at radius 1 is 1.00 bits per heavy atom. The number of carbonyl (C=O) groups excluding carboxylic acids is 1. The van der Waals surface area contributed by atoms with Gasteiger partial charge < -0.3 is 15.5 Å². The van der Waals surface area contributed by atoms with E-state index in [0.717, 1.165) is 22.3 Å². The van der Waals surface area contributed by atoms with Crippen LogP contribution in [0.1, 0.15) is 27.2 Å². The smallest absolute Gasteiger partial charge is 0.272 e. The Kier molecular flexibility index (Phi) is 5.51. The van der Waals surface area contributed by atoms with Gasteiger partial charge in [0.1, 0.15) is 11.3 Å². The number of hydrogen-bond donors (Lipinski definition) is 1. The number of aryl methyl sites for hydroxylation is 2. The summed E-state index contributed by atoms with van der Waals surface area (Å²) in [7, 11) is 0. The minimum absolute atomic E-state index is 0.0248. The number of amides is 1. The monoisotopic (exact) mass is 441 g/mol. The third-order valence-electron chi connectivity index (χ3n) is 6.25. The lowest BCUT2D eigenvalue weighted by atomic mass is 9.96. The molecule has 8 heteroatoms. The van der Waals surface area contributed by atoms with Gasteiger partial charge in [0.25, 0.3) is 5.91 Å². The van der Waals surface area contributed by atoms with E-state index in [4.69, 9.17) is 5.73 Å². The maximum absolute atomic E-state index is 13.4. The van der Waals surface area contributed by atoms with Gasteiger partial charge in [-0.3, -0.25) is 9.20 Å². The van der Waals surface area contributed by atoms with E-state index >= 15 is 0 Å². The lowest BCUT2D eigenvalue weighted by Crippen LogP contribution is -2.49. The molecule has 1 saturated heterocycles. The normalized spacial score (nSPS) is 14.2. The number of fused-ring (bicyclic) bond motifs is 1. The van der Waals surface area contributed by atoms with Gasteiger partial charge in [0, 0.05) is 56.9 Å². The Bertz CT molecular complexity index is 1310. The van der Waals surface area contributed by atoms with Gasteiger partial charge >= 0.3 is 0 Å². The molecule has 8 nitrogen and oxygen atoms in total. The molecular formula is C25H27N7O. The molecule has 1 amide bonds. The lowest BCUT2D eigenvalue weighted by Gasteiger charge is -2.34. The highest BCUT2D eigenvalue weighted by atomic mass is 16.2. The number of imidazole rings is 1. The summed E-state index contributed by atoms with van der Waals surface area (Å²) in [6.45, 7) is 7.18. The van der Waals surface area contributed by atoms with Crippen molar-refractivity contribution >= 4 is 17.5 Å². The second-order valence-electron chi connectivity index (χ2n) is 8.43. The molecule has 4 heterocycles. The van der Waals surface area contributed by atoms with E-state index in [9.17, 15) is 4.79 Å². The minimum atomic E-state index is -0.0248. The van der Waals surface area contributed by atoms with Crippen LogP contribution in [0.5, 0.6) is 0 Å². The second-order valence-corrected chi connectivity index (χ2v) is 8.43. The zero-order valence-electron chi connectivity index (χ0n) is 18.9. The SMILES string of the molecule is Cc1ccc(-c2cn3c(C(=O)N4CCN(c5ncccn5)CC4)cnc3cc2CN)c(C)c1. The Balaban J connectivity index is 1.45. The molecule has 1 aliphatic heterocycles. The third-order valence-corrected chi connectivity index (χ3v) is 6.25. The average Bonchev–Trinajstić information content (AvgIpc) is 3.26. The molecule has 33 heavy (non-hydrogen) atoms. The van der Waals surface area contributed by atoms with Crippen LogP contribution >= 0.6 is 0 Å². The average molecular weight is 442 g/mol. The summed E-state index contributed by atoms with van der Waals surface area (Å²) >= 11 is 0. The summed E-state index contributed by atoms with van der Waals surface area (Å²) in [6, 6.07) is 10.2. The zero-order chi connectivity index (χ0) is 22.9. The molecule has 1 aliphatic rings. The molecule has 0 bridgehead atoms. The van der Waals surface area contributed by atoms with Crippen LogP contribution in [0.15, 0.2) is 55.1 Å². The first-order valence-electron chi connectivity index (χ1n) is 11.1. The highest BCUT2D eigenvalue weighted by molar-refractivity contribution is 5.93. The summed E-state index contributed by atoms with van der Waals surface area (Å²) < 4.78 is 1.89. The standard InChI is InChI=1S/C25H27N7O/c1-17-4-5-20(18(2)12-17)21-16-32-22(15-29-23(32)13-19(21)14-26)24(33)30-8-10-31(11-9-30)25-27-6-3-7-28-25/h3-7,12-13,15-16H,8-11,14,26H2,1-2H3. The van der Waals surface area contributed by atoms with Gasteiger partial charge in [-0.05, 0) is 42.7 Å². The summed E-state index contributed by atoms with van der Waals surface area (Å²) in [5.41, 5.74) is 12.9. The van der Waals surface area contributed by atoms with Crippen molar-refractivity contribution in [3.63, 3.8) is 0 Å². The van der Waals surface area contributed by atoms with Crippen molar-refractivity contribution in [2.45, 2.75) is 20.4 Å². The van der Waals surface area contributed by atoms with E-state index in [2.05, 4.69) is 51.9 Å². The van der Waals surface area contributed by atoms with Crippen LogP contribution < -0.4 is 10.6 Å². The molecule has 0 unspecified atom stereocenters. The van der Waals surface area contributed by atoms with Crippen LogP contribution in [-0.2, 0) is 6.54 Å². The maximum atomic E-state index is 13.4. The van der Waals surface area contributed by atoms with Crippen LogP contribution in [0.3, 0.4) is 0 Å². The molecular weight excluding hydrogens is 414 g/mol. The number of rotatable bonds is 4. The molecule has 1 aromatic carbocycles. The van der Waals surface area contributed by atoms with Crippen molar-refractivity contribution in [1.82, 2.24) is 24.3 Å². The number of nitrogens with zero attached hydrogens (tertiary/aromatic N) is 6. The number of piperazine rings is 1. The molecule has 0 radical (unpaired) electrons. The van der Waals surface area contributed by atoms with Crippen LogP contribution in [0, 0.1) is 13.8 Å². The van der Waals surface area contributed by atoms with Crippen LogP contribution in [0.2, 0.25) is 0 Å². The minimum Gasteiger partial charge on any atom is -0.337 e. The van der Waals surface area contributed by atoms with Crippen LogP contribution in [0.25, 0.3) is 16.8 Å². The molecule has 0 spiro atoms. The highest BCUT2D eigenvalue weighted by Crippen LogP contribution is 2.29. The molecule has 0 saturated carbocycles. The predicted octanol–water partition coefficient (Wildman–Crippen LogP) is 2.83.